The molecule has 0 atom stereocenters. The van der Waals surface area contributed by atoms with E-state index in [2.05, 4.69) is 11.8 Å². The number of hydrogen-bond acceptors (Lipinski definition) is 1. The first kappa shape index (κ1) is 8.67. The van der Waals surface area contributed by atoms with Gasteiger partial charge >= 0.3 is 0 Å². The summed E-state index contributed by atoms with van der Waals surface area (Å²) >= 11 is 0. The first-order valence-electron chi connectivity index (χ1n) is 4.07. The van der Waals surface area contributed by atoms with Crippen LogP contribution in [0.4, 0.5) is 0 Å². The Labute approximate surface area is 73.4 Å². The zero-order valence-corrected chi connectivity index (χ0v) is 7.21. The van der Waals surface area contributed by atoms with E-state index >= 15 is 0 Å². The van der Waals surface area contributed by atoms with Crippen molar-refractivity contribution in [2.45, 2.75) is 13.3 Å². The van der Waals surface area contributed by atoms with Crippen molar-refractivity contribution in [1.82, 2.24) is 0 Å². The third-order valence-electron chi connectivity index (χ3n) is 1.36. The number of rotatable bonds is 2. The fraction of sp³-hybridized carbons (Fsp3) is 0.273. The van der Waals surface area contributed by atoms with Crippen molar-refractivity contribution in [3.63, 3.8) is 0 Å². The third-order valence-corrected chi connectivity index (χ3v) is 1.36. The van der Waals surface area contributed by atoms with Crippen LogP contribution in [0.5, 0.6) is 5.75 Å². The fourth-order valence-electron chi connectivity index (χ4n) is 0.812. The molecule has 62 valence electrons. The molecule has 0 aliphatic carbocycles. The van der Waals surface area contributed by atoms with E-state index in [1.807, 2.05) is 37.3 Å². The number of benzene rings is 1. The molecule has 0 heterocycles. The Balaban J connectivity index is 2.34. The minimum atomic E-state index is 0.484. The summed E-state index contributed by atoms with van der Waals surface area (Å²) in [5.74, 6) is 6.73. The van der Waals surface area contributed by atoms with Crippen molar-refractivity contribution in [1.29, 1.82) is 0 Å². The van der Waals surface area contributed by atoms with E-state index in [0.29, 0.717) is 6.61 Å². The van der Waals surface area contributed by atoms with Crippen LogP contribution in [0.15, 0.2) is 30.3 Å². The van der Waals surface area contributed by atoms with Gasteiger partial charge in [-0.2, -0.15) is 0 Å². The van der Waals surface area contributed by atoms with Gasteiger partial charge in [0.1, 0.15) is 12.4 Å². The number of ether oxygens (including phenoxy) is 1. The van der Waals surface area contributed by atoms with Crippen LogP contribution in [0, 0.1) is 11.8 Å². The highest BCUT2D eigenvalue weighted by Crippen LogP contribution is 2.07. The van der Waals surface area contributed by atoms with Gasteiger partial charge < -0.3 is 4.74 Å². The van der Waals surface area contributed by atoms with Crippen molar-refractivity contribution in [3.8, 4) is 17.6 Å². The first-order chi connectivity index (χ1) is 5.93. The lowest BCUT2D eigenvalue weighted by Crippen LogP contribution is -1.92. The van der Waals surface area contributed by atoms with E-state index < -0.39 is 0 Å². The van der Waals surface area contributed by atoms with Gasteiger partial charge in [-0.25, -0.2) is 0 Å². The Morgan fingerprint density at radius 1 is 1.17 bits per heavy atom. The van der Waals surface area contributed by atoms with Crippen molar-refractivity contribution < 1.29 is 4.74 Å². The lowest BCUT2D eigenvalue weighted by atomic mass is 10.3. The van der Waals surface area contributed by atoms with Gasteiger partial charge in [-0.3, -0.25) is 0 Å². The largest absolute Gasteiger partial charge is 0.481 e. The first-order valence-corrected chi connectivity index (χ1v) is 4.07. The normalized spacial score (nSPS) is 8.42. The smallest absolute Gasteiger partial charge is 0.149 e. The Bertz CT molecular complexity index is 266. The Morgan fingerprint density at radius 3 is 2.58 bits per heavy atom. The Kier molecular flexibility index (Phi) is 3.80. The fourth-order valence-corrected chi connectivity index (χ4v) is 0.812. The summed E-state index contributed by atoms with van der Waals surface area (Å²) in [4.78, 5) is 0. The van der Waals surface area contributed by atoms with Gasteiger partial charge in [0.25, 0.3) is 0 Å². The molecule has 0 aliphatic rings. The summed E-state index contributed by atoms with van der Waals surface area (Å²) in [5, 5.41) is 0. The molecule has 0 spiro atoms. The topological polar surface area (TPSA) is 9.23 Å². The molecule has 1 nitrogen and oxygen atoms in total. The van der Waals surface area contributed by atoms with Gasteiger partial charge in [0, 0.05) is 6.42 Å². The Hall–Kier alpha value is -1.42. The minimum absolute atomic E-state index is 0.484. The highest BCUT2D eigenvalue weighted by molar-refractivity contribution is 5.21. The zero-order valence-electron chi connectivity index (χ0n) is 7.21. The summed E-state index contributed by atoms with van der Waals surface area (Å²) in [6.45, 7) is 2.51. The lowest BCUT2D eigenvalue weighted by molar-refractivity contribution is 0.370. The average Bonchev–Trinajstić information content (AvgIpc) is 2.14. The summed E-state index contributed by atoms with van der Waals surface area (Å²) in [5.41, 5.74) is 0. The van der Waals surface area contributed by atoms with Gasteiger partial charge in [0.2, 0.25) is 0 Å². The molecule has 0 fully saturated rings. The standard InChI is InChI=1S/C11H12O/c1-2-3-7-10-12-11-8-5-4-6-9-11/h4-6,8-9H,2,10H2,1H3. The van der Waals surface area contributed by atoms with Crippen molar-refractivity contribution in [2.24, 2.45) is 0 Å². The maximum atomic E-state index is 5.33. The van der Waals surface area contributed by atoms with Crippen molar-refractivity contribution in [3.05, 3.63) is 30.3 Å². The second kappa shape index (κ2) is 5.26. The maximum Gasteiger partial charge on any atom is 0.149 e. The summed E-state index contributed by atoms with van der Waals surface area (Å²) in [7, 11) is 0. The molecule has 12 heavy (non-hydrogen) atoms. The van der Waals surface area contributed by atoms with Gasteiger partial charge in [0.05, 0.1) is 0 Å². The molecule has 0 unspecified atom stereocenters. The van der Waals surface area contributed by atoms with E-state index in [1.165, 1.54) is 0 Å². The van der Waals surface area contributed by atoms with Crippen LogP contribution in [0.25, 0.3) is 0 Å². The molecule has 0 bridgehead atoms. The Morgan fingerprint density at radius 2 is 1.92 bits per heavy atom. The molecule has 0 saturated heterocycles. The zero-order chi connectivity index (χ0) is 8.65. The molecule has 0 radical (unpaired) electrons. The monoisotopic (exact) mass is 160 g/mol. The molecular weight excluding hydrogens is 148 g/mol. The SMILES string of the molecule is CCC#CCOc1ccccc1. The second-order valence-corrected chi connectivity index (χ2v) is 2.31. The van der Waals surface area contributed by atoms with Gasteiger partial charge in [0.15, 0.2) is 0 Å². The quantitative estimate of drug-likeness (QED) is 0.604. The van der Waals surface area contributed by atoms with Crippen LogP contribution < -0.4 is 4.74 Å². The minimum Gasteiger partial charge on any atom is -0.481 e. The average molecular weight is 160 g/mol. The highest BCUT2D eigenvalue weighted by atomic mass is 16.5. The lowest BCUT2D eigenvalue weighted by Gasteiger charge is -1.99. The van der Waals surface area contributed by atoms with E-state index in [1.54, 1.807) is 0 Å². The molecule has 0 aromatic heterocycles. The van der Waals surface area contributed by atoms with Crippen LogP contribution in [-0.2, 0) is 0 Å². The van der Waals surface area contributed by atoms with E-state index in [4.69, 9.17) is 4.74 Å². The number of para-hydroxylation sites is 1. The molecule has 0 amide bonds. The van der Waals surface area contributed by atoms with Gasteiger partial charge in [-0.1, -0.05) is 31.0 Å². The highest BCUT2D eigenvalue weighted by Gasteiger charge is 1.85. The van der Waals surface area contributed by atoms with Crippen LogP contribution in [0.1, 0.15) is 13.3 Å². The van der Waals surface area contributed by atoms with Crippen LogP contribution >= 0.6 is 0 Å². The van der Waals surface area contributed by atoms with Gasteiger partial charge in [-0.15, -0.1) is 5.92 Å². The summed E-state index contributed by atoms with van der Waals surface area (Å²) in [6.07, 6.45) is 0.887. The predicted octanol–water partition coefficient (Wildman–Crippen LogP) is 2.48. The number of hydrogen-bond donors (Lipinski definition) is 0. The molecule has 1 aromatic rings. The molecule has 1 rings (SSSR count). The molecule has 0 saturated carbocycles. The third kappa shape index (κ3) is 3.12. The van der Waals surface area contributed by atoms with Crippen molar-refractivity contribution >= 4 is 0 Å². The van der Waals surface area contributed by atoms with E-state index in [0.717, 1.165) is 12.2 Å². The molecular formula is C11H12O. The van der Waals surface area contributed by atoms with Crippen molar-refractivity contribution in [2.75, 3.05) is 6.61 Å². The molecule has 1 heteroatoms. The van der Waals surface area contributed by atoms with E-state index in [9.17, 15) is 0 Å². The van der Waals surface area contributed by atoms with Crippen LogP contribution in [0.2, 0.25) is 0 Å². The van der Waals surface area contributed by atoms with Crippen LogP contribution in [-0.4, -0.2) is 6.61 Å². The van der Waals surface area contributed by atoms with Crippen LogP contribution in [0.3, 0.4) is 0 Å². The molecule has 1 aromatic carbocycles. The maximum absolute atomic E-state index is 5.33. The second-order valence-electron chi connectivity index (χ2n) is 2.31. The van der Waals surface area contributed by atoms with Gasteiger partial charge in [-0.05, 0) is 12.1 Å². The van der Waals surface area contributed by atoms with E-state index in [-0.39, 0.29) is 0 Å². The summed E-state index contributed by atoms with van der Waals surface area (Å²) < 4.78 is 5.33. The molecule has 0 aliphatic heterocycles. The summed E-state index contributed by atoms with van der Waals surface area (Å²) in [6, 6.07) is 9.71. The predicted molar refractivity (Wildman–Crippen MR) is 50.0 cm³/mol. The molecule has 0 N–H and O–H groups in total.